The Morgan fingerprint density at radius 1 is 1.33 bits per heavy atom. The molecule has 0 atom stereocenters. The molecule has 1 N–H and O–H groups in total. The van der Waals surface area contributed by atoms with E-state index in [2.05, 4.69) is 35.5 Å². The quantitative estimate of drug-likeness (QED) is 0.817. The van der Waals surface area contributed by atoms with Crippen LogP contribution in [0, 0.1) is 0 Å². The van der Waals surface area contributed by atoms with Gasteiger partial charge in [0, 0.05) is 42.7 Å². The summed E-state index contributed by atoms with van der Waals surface area (Å²) in [5, 5.41) is 1.26. The van der Waals surface area contributed by atoms with Gasteiger partial charge in [0.2, 0.25) is 5.91 Å². The molecule has 1 aromatic heterocycles. The molecular formula is C15H16N2O. The van der Waals surface area contributed by atoms with E-state index in [-0.39, 0.29) is 5.91 Å². The molecule has 3 heteroatoms. The molecule has 0 saturated heterocycles. The third-order valence-electron chi connectivity index (χ3n) is 3.59. The molecule has 0 spiro atoms. The molecule has 0 bridgehead atoms. The largest absolute Gasteiger partial charge is 0.361 e. The molecule has 3 rings (SSSR count). The van der Waals surface area contributed by atoms with Crippen molar-refractivity contribution < 1.29 is 4.79 Å². The Morgan fingerprint density at radius 3 is 2.89 bits per heavy atom. The molecule has 18 heavy (non-hydrogen) atoms. The van der Waals surface area contributed by atoms with Crippen molar-refractivity contribution in [3.05, 3.63) is 42.1 Å². The summed E-state index contributed by atoms with van der Waals surface area (Å²) in [4.78, 5) is 16.5. The lowest BCUT2D eigenvalue weighted by Gasteiger charge is -2.25. The van der Waals surface area contributed by atoms with Crippen LogP contribution in [0.1, 0.15) is 18.9 Å². The summed E-state index contributed by atoms with van der Waals surface area (Å²) in [5.74, 6) is 0.157. The molecule has 1 aromatic carbocycles. The molecule has 1 aliphatic heterocycles. The average molecular weight is 240 g/mol. The van der Waals surface area contributed by atoms with Crippen molar-refractivity contribution in [2.24, 2.45) is 0 Å². The number of rotatable bonds is 1. The summed E-state index contributed by atoms with van der Waals surface area (Å²) in [6.07, 6.45) is 5.17. The van der Waals surface area contributed by atoms with Crippen LogP contribution in [0.3, 0.4) is 0 Å². The van der Waals surface area contributed by atoms with E-state index in [1.165, 1.54) is 22.0 Å². The Balaban J connectivity index is 1.94. The van der Waals surface area contributed by atoms with Crippen molar-refractivity contribution in [1.29, 1.82) is 0 Å². The van der Waals surface area contributed by atoms with Crippen molar-refractivity contribution in [1.82, 2.24) is 9.88 Å². The van der Waals surface area contributed by atoms with Crippen LogP contribution in [0.15, 0.2) is 36.5 Å². The molecule has 2 aromatic rings. The average Bonchev–Trinajstić information content (AvgIpc) is 2.82. The van der Waals surface area contributed by atoms with Crippen LogP contribution >= 0.6 is 0 Å². The lowest BCUT2D eigenvalue weighted by atomic mass is 9.99. The van der Waals surface area contributed by atoms with Gasteiger partial charge in [0.25, 0.3) is 0 Å². The minimum atomic E-state index is 0.157. The molecule has 0 aliphatic carbocycles. The van der Waals surface area contributed by atoms with Gasteiger partial charge in [-0.05, 0) is 18.1 Å². The fraction of sp³-hybridized carbons (Fsp3) is 0.267. The van der Waals surface area contributed by atoms with Gasteiger partial charge in [-0.3, -0.25) is 4.79 Å². The van der Waals surface area contributed by atoms with Gasteiger partial charge in [-0.2, -0.15) is 0 Å². The van der Waals surface area contributed by atoms with E-state index in [0.717, 1.165) is 19.5 Å². The maximum Gasteiger partial charge on any atom is 0.219 e. The second-order valence-electron chi connectivity index (χ2n) is 4.69. The van der Waals surface area contributed by atoms with E-state index < -0.39 is 0 Å². The van der Waals surface area contributed by atoms with Gasteiger partial charge in [0.05, 0.1) is 0 Å². The monoisotopic (exact) mass is 240 g/mol. The first kappa shape index (κ1) is 11.1. The van der Waals surface area contributed by atoms with Gasteiger partial charge in [0.1, 0.15) is 0 Å². The Bertz CT molecular complexity index is 624. The number of nitrogens with one attached hydrogen (secondary N) is 1. The first-order valence-electron chi connectivity index (χ1n) is 6.27. The highest BCUT2D eigenvalue weighted by Crippen LogP contribution is 2.28. The SMILES string of the molecule is CC(=O)N1CC=C(c2c[nH]c3ccccc23)CC1. The first-order valence-corrected chi connectivity index (χ1v) is 6.27. The van der Waals surface area contributed by atoms with E-state index in [9.17, 15) is 4.79 Å². The fourth-order valence-corrected chi connectivity index (χ4v) is 2.54. The maximum atomic E-state index is 11.3. The number of nitrogens with zero attached hydrogens (tertiary/aromatic N) is 1. The minimum Gasteiger partial charge on any atom is -0.361 e. The minimum absolute atomic E-state index is 0.157. The van der Waals surface area contributed by atoms with Crippen molar-refractivity contribution >= 4 is 22.4 Å². The van der Waals surface area contributed by atoms with Crippen LogP contribution < -0.4 is 0 Å². The second-order valence-corrected chi connectivity index (χ2v) is 4.69. The van der Waals surface area contributed by atoms with Crippen LogP contribution in [0.25, 0.3) is 16.5 Å². The molecule has 92 valence electrons. The summed E-state index contributed by atoms with van der Waals surface area (Å²) >= 11 is 0. The van der Waals surface area contributed by atoms with Crippen LogP contribution in [0.5, 0.6) is 0 Å². The number of carbonyl (C=O) groups excluding carboxylic acids is 1. The van der Waals surface area contributed by atoms with E-state index in [4.69, 9.17) is 0 Å². The molecule has 3 nitrogen and oxygen atoms in total. The number of amides is 1. The maximum absolute atomic E-state index is 11.3. The van der Waals surface area contributed by atoms with Gasteiger partial charge < -0.3 is 9.88 Å². The summed E-state index contributed by atoms with van der Waals surface area (Å²) in [5.41, 5.74) is 3.78. The fourth-order valence-electron chi connectivity index (χ4n) is 2.54. The van der Waals surface area contributed by atoms with Crippen LogP contribution in [-0.4, -0.2) is 28.9 Å². The standard InChI is InChI=1S/C15H16N2O/c1-11(18)17-8-6-12(7-9-17)14-10-16-15-5-3-2-4-13(14)15/h2-6,10,16H,7-9H2,1H3. The molecule has 0 saturated carbocycles. The van der Waals surface area contributed by atoms with Crippen LogP contribution in [0.2, 0.25) is 0 Å². The highest BCUT2D eigenvalue weighted by molar-refractivity contribution is 5.93. The zero-order valence-corrected chi connectivity index (χ0v) is 10.4. The molecule has 2 heterocycles. The van der Waals surface area contributed by atoms with E-state index in [1.54, 1.807) is 6.92 Å². The Labute approximate surface area is 106 Å². The zero-order valence-electron chi connectivity index (χ0n) is 10.4. The third-order valence-corrected chi connectivity index (χ3v) is 3.59. The molecule has 0 radical (unpaired) electrons. The van der Waals surface area contributed by atoms with Crippen molar-refractivity contribution in [3.63, 3.8) is 0 Å². The topological polar surface area (TPSA) is 36.1 Å². The van der Waals surface area contributed by atoms with Gasteiger partial charge in [-0.1, -0.05) is 24.3 Å². The van der Waals surface area contributed by atoms with Gasteiger partial charge in [-0.15, -0.1) is 0 Å². The molecule has 0 fully saturated rings. The number of fused-ring (bicyclic) bond motifs is 1. The lowest BCUT2D eigenvalue weighted by molar-refractivity contribution is -0.128. The second kappa shape index (κ2) is 4.33. The number of hydrogen-bond donors (Lipinski definition) is 1. The van der Waals surface area contributed by atoms with Gasteiger partial charge >= 0.3 is 0 Å². The number of aromatic nitrogens is 1. The van der Waals surface area contributed by atoms with E-state index in [0.29, 0.717) is 0 Å². The molecule has 1 amide bonds. The Kier molecular flexibility index (Phi) is 2.67. The number of benzene rings is 1. The molecular weight excluding hydrogens is 224 g/mol. The van der Waals surface area contributed by atoms with Crippen molar-refractivity contribution in [3.8, 4) is 0 Å². The van der Waals surface area contributed by atoms with E-state index in [1.807, 2.05) is 11.0 Å². The highest BCUT2D eigenvalue weighted by atomic mass is 16.2. The van der Waals surface area contributed by atoms with Crippen molar-refractivity contribution in [2.45, 2.75) is 13.3 Å². The zero-order chi connectivity index (χ0) is 12.5. The lowest BCUT2D eigenvalue weighted by Crippen LogP contribution is -2.32. The predicted molar refractivity (Wildman–Crippen MR) is 73.1 cm³/mol. The highest BCUT2D eigenvalue weighted by Gasteiger charge is 2.16. The summed E-state index contributed by atoms with van der Waals surface area (Å²) in [7, 11) is 0. The summed E-state index contributed by atoms with van der Waals surface area (Å²) < 4.78 is 0. The number of carbonyl (C=O) groups is 1. The number of H-pyrrole nitrogens is 1. The Morgan fingerprint density at radius 2 is 2.17 bits per heavy atom. The first-order chi connectivity index (χ1) is 8.75. The summed E-state index contributed by atoms with van der Waals surface area (Å²) in [6.45, 7) is 3.18. The Hall–Kier alpha value is -2.03. The summed E-state index contributed by atoms with van der Waals surface area (Å²) in [6, 6.07) is 8.32. The third kappa shape index (κ3) is 1.82. The molecule has 0 unspecified atom stereocenters. The normalized spacial score (nSPS) is 15.8. The van der Waals surface area contributed by atoms with Gasteiger partial charge in [-0.25, -0.2) is 0 Å². The van der Waals surface area contributed by atoms with Crippen molar-refractivity contribution in [2.75, 3.05) is 13.1 Å². The number of para-hydroxylation sites is 1. The van der Waals surface area contributed by atoms with Crippen LogP contribution in [-0.2, 0) is 4.79 Å². The van der Waals surface area contributed by atoms with E-state index >= 15 is 0 Å². The smallest absolute Gasteiger partial charge is 0.219 e. The predicted octanol–water partition coefficient (Wildman–Crippen LogP) is 2.80. The molecule has 1 aliphatic rings. The number of aromatic amines is 1. The van der Waals surface area contributed by atoms with Crippen LogP contribution in [0.4, 0.5) is 0 Å². The number of hydrogen-bond acceptors (Lipinski definition) is 1. The van der Waals surface area contributed by atoms with Gasteiger partial charge in [0.15, 0.2) is 0 Å².